The van der Waals surface area contributed by atoms with E-state index in [1.807, 2.05) is 24.3 Å². The van der Waals surface area contributed by atoms with Gasteiger partial charge in [-0.2, -0.15) is 11.3 Å². The van der Waals surface area contributed by atoms with Gasteiger partial charge in [0.1, 0.15) is 0 Å². The number of nitrogens with two attached hydrogens (primary N) is 1. The monoisotopic (exact) mass is 218 g/mol. The van der Waals surface area contributed by atoms with Crippen LogP contribution < -0.4 is 11.1 Å². The lowest BCUT2D eigenvalue weighted by Gasteiger charge is -2.05. The van der Waals surface area contributed by atoms with Gasteiger partial charge in [0, 0.05) is 17.9 Å². The number of hydrogen-bond donors (Lipinski definition) is 2. The molecule has 3 N–H and O–H groups in total. The number of rotatable bonds is 4. The van der Waals surface area contributed by atoms with Gasteiger partial charge >= 0.3 is 0 Å². The van der Waals surface area contributed by atoms with Gasteiger partial charge in [-0.15, -0.1) is 0 Å². The predicted molar refractivity (Wildman–Crippen MR) is 67.4 cm³/mol. The third kappa shape index (κ3) is 2.99. The van der Waals surface area contributed by atoms with Crippen molar-refractivity contribution in [1.29, 1.82) is 0 Å². The number of nitrogens with one attached hydrogen (secondary N) is 1. The first kappa shape index (κ1) is 10.1. The molecule has 2 nitrogen and oxygen atoms in total. The molecule has 0 saturated carbocycles. The van der Waals surface area contributed by atoms with E-state index < -0.39 is 0 Å². The van der Waals surface area contributed by atoms with Crippen molar-refractivity contribution in [2.24, 2.45) is 0 Å². The molecule has 3 heteroatoms. The van der Waals surface area contributed by atoms with Crippen LogP contribution in [0.4, 0.5) is 11.4 Å². The van der Waals surface area contributed by atoms with Crippen LogP contribution in [0, 0.1) is 0 Å². The SMILES string of the molecule is Nc1ccc(NCCc2ccsc2)cc1. The largest absolute Gasteiger partial charge is 0.399 e. The van der Waals surface area contributed by atoms with Crippen molar-refractivity contribution in [3.8, 4) is 0 Å². The predicted octanol–water partition coefficient (Wildman–Crippen LogP) is 2.98. The summed E-state index contributed by atoms with van der Waals surface area (Å²) in [6, 6.07) is 9.99. The van der Waals surface area contributed by atoms with E-state index in [4.69, 9.17) is 5.73 Å². The summed E-state index contributed by atoms with van der Waals surface area (Å²) in [6.45, 7) is 0.959. The van der Waals surface area contributed by atoms with E-state index in [1.54, 1.807) is 11.3 Å². The molecule has 2 aromatic rings. The molecule has 1 aromatic heterocycles. The van der Waals surface area contributed by atoms with Gasteiger partial charge in [0.15, 0.2) is 0 Å². The molecule has 0 fully saturated rings. The first-order valence-corrected chi connectivity index (χ1v) is 5.89. The summed E-state index contributed by atoms with van der Waals surface area (Å²) >= 11 is 1.74. The molecule has 0 amide bonds. The number of anilines is 2. The van der Waals surface area contributed by atoms with E-state index >= 15 is 0 Å². The number of nitrogen functional groups attached to an aromatic ring is 1. The third-order valence-electron chi connectivity index (χ3n) is 2.23. The second kappa shape index (κ2) is 4.84. The topological polar surface area (TPSA) is 38.0 Å². The van der Waals surface area contributed by atoms with Crippen LogP contribution in [0.5, 0.6) is 0 Å². The van der Waals surface area contributed by atoms with Gasteiger partial charge in [0.05, 0.1) is 0 Å². The average Bonchev–Trinajstić information content (AvgIpc) is 2.74. The highest BCUT2D eigenvalue weighted by molar-refractivity contribution is 7.07. The molecule has 0 atom stereocenters. The van der Waals surface area contributed by atoms with Crippen LogP contribution in [-0.4, -0.2) is 6.54 Å². The first-order valence-electron chi connectivity index (χ1n) is 4.95. The first-order chi connectivity index (χ1) is 7.34. The Morgan fingerprint density at radius 3 is 2.60 bits per heavy atom. The molecule has 0 aliphatic carbocycles. The van der Waals surface area contributed by atoms with Crippen LogP contribution in [0.15, 0.2) is 41.1 Å². The van der Waals surface area contributed by atoms with Gasteiger partial charge < -0.3 is 11.1 Å². The zero-order valence-corrected chi connectivity index (χ0v) is 9.26. The molecule has 2 rings (SSSR count). The van der Waals surface area contributed by atoms with Crippen molar-refractivity contribution < 1.29 is 0 Å². The number of hydrogen-bond acceptors (Lipinski definition) is 3. The quantitative estimate of drug-likeness (QED) is 0.774. The van der Waals surface area contributed by atoms with Gasteiger partial charge in [-0.25, -0.2) is 0 Å². The minimum atomic E-state index is 0.804. The van der Waals surface area contributed by atoms with Gasteiger partial charge in [-0.1, -0.05) is 0 Å². The Morgan fingerprint density at radius 2 is 1.93 bits per heavy atom. The number of thiophene rings is 1. The minimum absolute atomic E-state index is 0.804. The summed E-state index contributed by atoms with van der Waals surface area (Å²) in [5, 5.41) is 7.65. The Kier molecular flexibility index (Phi) is 3.25. The Hall–Kier alpha value is -1.48. The molecule has 78 valence electrons. The van der Waals surface area contributed by atoms with E-state index in [-0.39, 0.29) is 0 Å². The maximum absolute atomic E-state index is 5.61. The van der Waals surface area contributed by atoms with Crippen LogP contribution in [0.25, 0.3) is 0 Å². The molecule has 1 heterocycles. The summed E-state index contributed by atoms with van der Waals surface area (Å²) in [5.41, 5.74) is 8.93. The van der Waals surface area contributed by atoms with Gasteiger partial charge in [0.2, 0.25) is 0 Å². The second-order valence-electron chi connectivity index (χ2n) is 3.43. The van der Waals surface area contributed by atoms with E-state index in [1.165, 1.54) is 5.56 Å². The molecule has 0 unspecified atom stereocenters. The van der Waals surface area contributed by atoms with E-state index in [2.05, 4.69) is 22.1 Å². The second-order valence-corrected chi connectivity index (χ2v) is 4.21. The maximum atomic E-state index is 5.61. The summed E-state index contributed by atoms with van der Waals surface area (Å²) in [7, 11) is 0. The Labute approximate surface area is 93.7 Å². The molecule has 1 aromatic carbocycles. The smallest absolute Gasteiger partial charge is 0.0341 e. The van der Waals surface area contributed by atoms with Crippen molar-refractivity contribution in [2.75, 3.05) is 17.6 Å². The molecule has 0 aliphatic heterocycles. The highest BCUT2D eigenvalue weighted by atomic mass is 32.1. The molecular formula is C12H14N2S. The lowest BCUT2D eigenvalue weighted by atomic mass is 10.2. The van der Waals surface area contributed by atoms with Gasteiger partial charge in [-0.3, -0.25) is 0 Å². The Balaban J connectivity index is 1.81. The van der Waals surface area contributed by atoms with Crippen LogP contribution in [0.3, 0.4) is 0 Å². The van der Waals surface area contributed by atoms with Crippen molar-refractivity contribution >= 4 is 22.7 Å². The molecule has 0 spiro atoms. The fourth-order valence-corrected chi connectivity index (χ4v) is 2.09. The zero-order valence-electron chi connectivity index (χ0n) is 8.44. The molecular weight excluding hydrogens is 204 g/mol. The Bertz CT molecular complexity index is 392. The summed E-state index contributed by atoms with van der Waals surface area (Å²) < 4.78 is 0. The van der Waals surface area contributed by atoms with E-state index in [0.717, 1.165) is 24.3 Å². The van der Waals surface area contributed by atoms with Gasteiger partial charge in [0.25, 0.3) is 0 Å². The molecule has 0 bridgehead atoms. The lowest BCUT2D eigenvalue weighted by molar-refractivity contribution is 1.03. The molecule has 15 heavy (non-hydrogen) atoms. The summed E-state index contributed by atoms with van der Waals surface area (Å²) in [4.78, 5) is 0. The van der Waals surface area contributed by atoms with Crippen LogP contribution in [0.1, 0.15) is 5.56 Å². The normalized spacial score (nSPS) is 10.1. The zero-order chi connectivity index (χ0) is 10.5. The van der Waals surface area contributed by atoms with Crippen LogP contribution in [-0.2, 0) is 6.42 Å². The van der Waals surface area contributed by atoms with Crippen molar-refractivity contribution in [1.82, 2.24) is 0 Å². The minimum Gasteiger partial charge on any atom is -0.399 e. The van der Waals surface area contributed by atoms with Crippen molar-refractivity contribution in [2.45, 2.75) is 6.42 Å². The van der Waals surface area contributed by atoms with Gasteiger partial charge in [-0.05, 0) is 53.1 Å². The van der Waals surface area contributed by atoms with Crippen molar-refractivity contribution in [3.05, 3.63) is 46.7 Å². The summed E-state index contributed by atoms with van der Waals surface area (Å²) in [6.07, 6.45) is 1.06. The molecule has 0 aliphatic rings. The van der Waals surface area contributed by atoms with Crippen LogP contribution >= 0.6 is 11.3 Å². The number of benzene rings is 1. The fourth-order valence-electron chi connectivity index (χ4n) is 1.39. The molecule has 0 radical (unpaired) electrons. The maximum Gasteiger partial charge on any atom is 0.0341 e. The van der Waals surface area contributed by atoms with Crippen LogP contribution in [0.2, 0.25) is 0 Å². The summed E-state index contributed by atoms with van der Waals surface area (Å²) in [5.74, 6) is 0. The highest BCUT2D eigenvalue weighted by Crippen LogP contribution is 2.11. The van der Waals surface area contributed by atoms with E-state index in [9.17, 15) is 0 Å². The fraction of sp³-hybridized carbons (Fsp3) is 0.167. The Morgan fingerprint density at radius 1 is 1.13 bits per heavy atom. The average molecular weight is 218 g/mol. The highest BCUT2D eigenvalue weighted by Gasteiger charge is 1.94. The van der Waals surface area contributed by atoms with E-state index in [0.29, 0.717) is 0 Å². The molecule has 0 saturated heterocycles. The standard InChI is InChI=1S/C12H14N2S/c13-11-1-3-12(4-2-11)14-7-5-10-6-8-15-9-10/h1-4,6,8-9,14H,5,7,13H2. The lowest BCUT2D eigenvalue weighted by Crippen LogP contribution is -2.04. The third-order valence-corrected chi connectivity index (χ3v) is 2.97. The van der Waals surface area contributed by atoms with Crippen molar-refractivity contribution in [3.63, 3.8) is 0 Å².